The summed E-state index contributed by atoms with van der Waals surface area (Å²) in [5.41, 5.74) is 9.28. The lowest BCUT2D eigenvalue weighted by atomic mass is 9.91. The van der Waals surface area contributed by atoms with Gasteiger partial charge < -0.3 is 4.90 Å². The summed E-state index contributed by atoms with van der Waals surface area (Å²) in [6, 6.07) is 54.6. The van der Waals surface area contributed by atoms with E-state index in [0.717, 1.165) is 6.42 Å². The van der Waals surface area contributed by atoms with Crippen molar-refractivity contribution in [3.05, 3.63) is 163 Å². The van der Waals surface area contributed by atoms with Gasteiger partial charge in [-0.05, 0) is 80.2 Å². The lowest BCUT2D eigenvalue weighted by molar-refractivity contribution is 1.26. The zero-order valence-electron chi connectivity index (χ0n) is 25.2. The molecule has 2 heterocycles. The quantitative estimate of drug-likeness (QED) is 0.178. The normalized spacial score (nSPS) is 15.0. The molecule has 1 aliphatic carbocycles. The predicted octanol–water partition coefficient (Wildman–Crippen LogP) is 9.48. The second-order valence-electron chi connectivity index (χ2n) is 12.4. The van der Waals surface area contributed by atoms with Gasteiger partial charge in [0.2, 0.25) is 0 Å². The van der Waals surface area contributed by atoms with Gasteiger partial charge in [-0.3, -0.25) is 0 Å². The van der Waals surface area contributed by atoms with Crippen molar-refractivity contribution >= 4 is 89.8 Å². The third-order valence-electron chi connectivity index (χ3n) is 9.92. The Balaban J connectivity index is 1.29. The number of thiophene rings is 1. The molecule has 1 atom stereocenters. The molecule has 0 amide bonds. The summed E-state index contributed by atoms with van der Waals surface area (Å²) in [6.45, 7) is 0. The van der Waals surface area contributed by atoms with Crippen LogP contribution in [0.4, 0.5) is 17.1 Å². The van der Waals surface area contributed by atoms with Crippen molar-refractivity contribution in [3.63, 3.8) is 0 Å². The summed E-state index contributed by atoms with van der Waals surface area (Å²) in [7, 11) is -1.85. The first-order chi connectivity index (χ1) is 22.8. The van der Waals surface area contributed by atoms with Crippen LogP contribution in [0.15, 0.2) is 152 Å². The fourth-order valence-corrected chi connectivity index (χ4v) is 12.8. The van der Waals surface area contributed by atoms with E-state index in [1.165, 1.54) is 80.6 Å². The monoisotopic (exact) mass is 619 g/mol. The first-order valence-corrected chi connectivity index (χ1v) is 18.6. The van der Waals surface area contributed by atoms with Gasteiger partial charge in [-0.15, -0.1) is 11.3 Å². The molecule has 1 aliphatic heterocycles. The van der Waals surface area contributed by atoms with E-state index in [-0.39, 0.29) is 0 Å². The maximum Gasteiger partial charge on any atom is 0.138 e. The average molecular weight is 620 g/mol. The minimum absolute atomic E-state index is 0.969. The number of benzene rings is 7. The number of anilines is 3. The van der Waals surface area contributed by atoms with E-state index < -0.39 is 8.80 Å². The molecule has 2 aliphatic rings. The fourth-order valence-electron chi connectivity index (χ4n) is 7.99. The fraction of sp³-hybridized carbons (Fsp3) is 0.0233. The minimum Gasteiger partial charge on any atom is -0.311 e. The minimum atomic E-state index is -1.85. The summed E-state index contributed by atoms with van der Waals surface area (Å²) in [5.74, 6) is 0. The highest BCUT2D eigenvalue weighted by atomic mass is 32.1. The predicted molar refractivity (Wildman–Crippen MR) is 202 cm³/mol. The van der Waals surface area contributed by atoms with Crippen LogP contribution in [0.2, 0.25) is 0 Å². The molecule has 10 rings (SSSR count). The van der Waals surface area contributed by atoms with Crippen molar-refractivity contribution in [2.45, 2.75) is 6.42 Å². The van der Waals surface area contributed by atoms with E-state index in [0.29, 0.717) is 0 Å². The third kappa shape index (κ3) is 3.79. The topological polar surface area (TPSA) is 3.24 Å². The number of fused-ring (bicyclic) bond motifs is 6. The van der Waals surface area contributed by atoms with Crippen LogP contribution in [0.25, 0.3) is 48.1 Å². The van der Waals surface area contributed by atoms with Gasteiger partial charge in [0.1, 0.15) is 8.80 Å². The molecule has 1 unspecified atom stereocenters. The lowest BCUT2D eigenvalue weighted by Crippen LogP contribution is -2.58. The first-order valence-electron chi connectivity index (χ1n) is 16.0. The Morgan fingerprint density at radius 3 is 2.30 bits per heavy atom. The number of hydrogen-bond acceptors (Lipinski definition) is 2. The van der Waals surface area contributed by atoms with Gasteiger partial charge in [0, 0.05) is 37.2 Å². The lowest BCUT2D eigenvalue weighted by Gasteiger charge is -2.40. The smallest absolute Gasteiger partial charge is 0.138 e. The Morgan fingerprint density at radius 2 is 1.41 bits per heavy atom. The highest BCUT2D eigenvalue weighted by Gasteiger charge is 2.37. The molecule has 0 saturated heterocycles. The van der Waals surface area contributed by atoms with Gasteiger partial charge in [-0.25, -0.2) is 0 Å². The molecule has 1 aromatic heterocycles. The number of para-hydroxylation sites is 1. The van der Waals surface area contributed by atoms with Crippen LogP contribution >= 0.6 is 11.3 Å². The summed E-state index contributed by atoms with van der Waals surface area (Å²) >= 11 is 1.91. The Kier molecular flexibility index (Phi) is 5.74. The Labute approximate surface area is 273 Å². The van der Waals surface area contributed by atoms with E-state index >= 15 is 0 Å². The highest BCUT2D eigenvalue weighted by molar-refractivity contribution is 7.26. The van der Waals surface area contributed by atoms with Crippen LogP contribution in [-0.2, 0) is 6.42 Å². The molecule has 1 nitrogen and oxygen atoms in total. The molecular weight excluding hydrogens is 591 g/mol. The maximum absolute atomic E-state index is 2.56. The standard InChI is InChI=1S/C43H29NSSi/c1-3-15-31(16-4-1)44-37-26-29(33-20-11-21-35-34-19-7-8-23-39(34)45-42(33)35)24-25-40(37)46(32-17-5-2-6-18-32)43-36-22-10-13-28-12-9-14-30(41(28)36)27-38(43)44/h1-21,23-27,46H,22H2. The molecule has 8 aromatic rings. The molecule has 216 valence electrons. The van der Waals surface area contributed by atoms with Gasteiger partial charge >= 0.3 is 0 Å². The van der Waals surface area contributed by atoms with Gasteiger partial charge in [-0.1, -0.05) is 133 Å². The second-order valence-corrected chi connectivity index (χ2v) is 16.2. The molecule has 0 bridgehead atoms. The zero-order chi connectivity index (χ0) is 30.2. The molecule has 0 spiro atoms. The van der Waals surface area contributed by atoms with Crippen molar-refractivity contribution in [1.29, 1.82) is 0 Å². The molecule has 0 radical (unpaired) electrons. The SMILES string of the molecule is C1=Cc2cccc3cc4c(c(c23)C1)[SiH](c1ccccc1)c1ccc(-c2cccc3c2sc2ccccc23)cc1N4c1ccccc1. The molecule has 46 heavy (non-hydrogen) atoms. The zero-order valence-corrected chi connectivity index (χ0v) is 27.1. The Bertz CT molecular complexity index is 2510. The van der Waals surface area contributed by atoms with Gasteiger partial charge in [0.25, 0.3) is 0 Å². The van der Waals surface area contributed by atoms with Crippen LogP contribution < -0.4 is 20.5 Å². The van der Waals surface area contributed by atoms with Gasteiger partial charge in [0.05, 0.1) is 0 Å². The largest absolute Gasteiger partial charge is 0.311 e. The van der Waals surface area contributed by atoms with E-state index in [4.69, 9.17) is 0 Å². The van der Waals surface area contributed by atoms with E-state index in [1.54, 1.807) is 5.19 Å². The summed E-state index contributed by atoms with van der Waals surface area (Å²) in [4.78, 5) is 2.56. The molecule has 0 N–H and O–H groups in total. The van der Waals surface area contributed by atoms with Crippen molar-refractivity contribution in [1.82, 2.24) is 0 Å². The van der Waals surface area contributed by atoms with Crippen LogP contribution in [0.5, 0.6) is 0 Å². The van der Waals surface area contributed by atoms with Gasteiger partial charge in [-0.2, -0.15) is 0 Å². The van der Waals surface area contributed by atoms with Crippen molar-refractivity contribution < 1.29 is 0 Å². The number of nitrogens with zero attached hydrogens (tertiary/aromatic N) is 1. The molecule has 3 heteroatoms. The number of rotatable bonds is 3. The van der Waals surface area contributed by atoms with Crippen LogP contribution in [-0.4, -0.2) is 8.80 Å². The average Bonchev–Trinajstić information content (AvgIpc) is 3.50. The van der Waals surface area contributed by atoms with E-state index in [9.17, 15) is 0 Å². The number of hydrogen-bond donors (Lipinski definition) is 0. The maximum atomic E-state index is 2.56. The first kappa shape index (κ1) is 26.0. The van der Waals surface area contributed by atoms with E-state index in [1.807, 2.05) is 11.3 Å². The molecule has 7 aromatic carbocycles. The Hall–Kier alpha value is -5.22. The summed E-state index contributed by atoms with van der Waals surface area (Å²) < 4.78 is 2.70. The number of allylic oxidation sites excluding steroid dienone is 1. The van der Waals surface area contributed by atoms with Crippen molar-refractivity contribution in [2.24, 2.45) is 0 Å². The van der Waals surface area contributed by atoms with Gasteiger partial charge in [0.15, 0.2) is 0 Å². The van der Waals surface area contributed by atoms with Crippen molar-refractivity contribution in [2.75, 3.05) is 4.90 Å². The van der Waals surface area contributed by atoms with E-state index in [2.05, 4.69) is 163 Å². The Morgan fingerprint density at radius 1 is 0.630 bits per heavy atom. The third-order valence-corrected chi connectivity index (χ3v) is 14.5. The summed E-state index contributed by atoms with van der Waals surface area (Å²) in [5, 5.41) is 9.96. The highest BCUT2D eigenvalue weighted by Crippen LogP contribution is 2.44. The van der Waals surface area contributed by atoms with Crippen LogP contribution in [0, 0.1) is 0 Å². The van der Waals surface area contributed by atoms with Crippen LogP contribution in [0.3, 0.4) is 0 Å². The van der Waals surface area contributed by atoms with Crippen LogP contribution in [0.1, 0.15) is 11.1 Å². The summed E-state index contributed by atoms with van der Waals surface area (Å²) in [6.07, 6.45) is 5.65. The van der Waals surface area contributed by atoms with Crippen molar-refractivity contribution in [3.8, 4) is 11.1 Å². The molecule has 0 fully saturated rings. The molecular formula is C43H29NSSi. The molecule has 0 saturated carbocycles. The second kappa shape index (κ2) is 10.1.